The molecule has 0 atom stereocenters. The lowest BCUT2D eigenvalue weighted by molar-refractivity contribution is 0.630. The van der Waals surface area contributed by atoms with E-state index in [1.165, 1.54) is 6.07 Å². The summed E-state index contributed by atoms with van der Waals surface area (Å²) in [5.41, 5.74) is 7.66. The molecule has 3 rings (SSSR count). The van der Waals surface area contributed by atoms with Crippen LogP contribution in [0.3, 0.4) is 0 Å². The highest BCUT2D eigenvalue weighted by molar-refractivity contribution is 9.10. The number of nitrogens with zero attached hydrogens (tertiary/aromatic N) is 2. The normalized spacial score (nSPS) is 11.0. The fourth-order valence-corrected chi connectivity index (χ4v) is 2.39. The molecule has 0 aliphatic carbocycles. The van der Waals surface area contributed by atoms with Crippen LogP contribution in [0.5, 0.6) is 0 Å². The summed E-state index contributed by atoms with van der Waals surface area (Å²) in [5, 5.41) is 0. The standard InChI is InChI=1S/C13H9BrFN3/c14-12-11-6-5-8(16)7-18(11)13(17-12)9-3-1-2-4-10(9)15/h1-7H,16H2. The van der Waals surface area contributed by atoms with E-state index in [0.717, 1.165) is 5.52 Å². The van der Waals surface area contributed by atoms with Gasteiger partial charge < -0.3 is 5.73 Å². The number of fused-ring (bicyclic) bond motifs is 1. The molecule has 5 heteroatoms. The van der Waals surface area contributed by atoms with Gasteiger partial charge in [-0.1, -0.05) is 12.1 Å². The first kappa shape index (κ1) is 11.2. The van der Waals surface area contributed by atoms with Crippen LogP contribution in [0, 0.1) is 5.82 Å². The lowest BCUT2D eigenvalue weighted by atomic mass is 10.2. The molecular weight excluding hydrogens is 297 g/mol. The van der Waals surface area contributed by atoms with Crippen molar-refractivity contribution in [3.05, 3.63) is 53.0 Å². The van der Waals surface area contributed by atoms with Gasteiger partial charge in [-0.2, -0.15) is 0 Å². The third-order valence-corrected chi connectivity index (χ3v) is 3.31. The second kappa shape index (κ2) is 4.10. The Morgan fingerprint density at radius 1 is 1.17 bits per heavy atom. The zero-order valence-corrected chi connectivity index (χ0v) is 10.9. The van der Waals surface area contributed by atoms with Crippen LogP contribution in [-0.2, 0) is 0 Å². The molecule has 0 radical (unpaired) electrons. The van der Waals surface area contributed by atoms with Crippen molar-refractivity contribution in [3.63, 3.8) is 0 Å². The molecule has 3 nitrogen and oxygen atoms in total. The molecule has 18 heavy (non-hydrogen) atoms. The largest absolute Gasteiger partial charge is 0.398 e. The summed E-state index contributed by atoms with van der Waals surface area (Å²) in [4.78, 5) is 4.35. The van der Waals surface area contributed by atoms with Crippen molar-refractivity contribution in [2.45, 2.75) is 0 Å². The fourth-order valence-electron chi connectivity index (χ4n) is 1.90. The molecule has 90 valence electrons. The SMILES string of the molecule is Nc1ccc2c(Br)nc(-c3ccccc3F)n2c1. The number of aromatic nitrogens is 2. The summed E-state index contributed by atoms with van der Waals surface area (Å²) in [6, 6.07) is 10.2. The first-order valence-electron chi connectivity index (χ1n) is 5.35. The van der Waals surface area contributed by atoms with E-state index in [1.807, 2.05) is 6.07 Å². The molecule has 0 unspecified atom stereocenters. The first-order chi connectivity index (χ1) is 8.66. The lowest BCUT2D eigenvalue weighted by Crippen LogP contribution is -1.94. The van der Waals surface area contributed by atoms with Gasteiger partial charge in [0.15, 0.2) is 0 Å². The van der Waals surface area contributed by atoms with Gasteiger partial charge in [0.05, 0.1) is 11.1 Å². The van der Waals surface area contributed by atoms with E-state index in [0.29, 0.717) is 21.7 Å². The van der Waals surface area contributed by atoms with Crippen molar-refractivity contribution < 1.29 is 4.39 Å². The van der Waals surface area contributed by atoms with Crippen LogP contribution in [0.2, 0.25) is 0 Å². The van der Waals surface area contributed by atoms with E-state index in [-0.39, 0.29) is 5.82 Å². The van der Waals surface area contributed by atoms with Crippen molar-refractivity contribution in [2.24, 2.45) is 0 Å². The highest BCUT2D eigenvalue weighted by Gasteiger charge is 2.13. The van der Waals surface area contributed by atoms with Crippen molar-refractivity contribution in [3.8, 4) is 11.4 Å². The quantitative estimate of drug-likeness (QED) is 0.748. The third kappa shape index (κ3) is 1.67. The summed E-state index contributed by atoms with van der Waals surface area (Å²) in [5.74, 6) is 0.224. The highest BCUT2D eigenvalue weighted by Crippen LogP contribution is 2.28. The monoisotopic (exact) mass is 305 g/mol. The van der Waals surface area contributed by atoms with Gasteiger partial charge in [0.2, 0.25) is 0 Å². The number of nitrogen functional groups attached to an aromatic ring is 1. The number of rotatable bonds is 1. The molecular formula is C13H9BrFN3. The van der Waals surface area contributed by atoms with Gasteiger partial charge in [0.25, 0.3) is 0 Å². The number of benzene rings is 1. The zero-order valence-electron chi connectivity index (χ0n) is 9.27. The molecule has 2 aromatic heterocycles. The topological polar surface area (TPSA) is 43.3 Å². The Bertz CT molecular complexity index is 736. The molecule has 0 aliphatic rings. The smallest absolute Gasteiger partial charge is 0.148 e. The maximum absolute atomic E-state index is 13.8. The molecule has 3 aromatic rings. The third-order valence-electron chi connectivity index (χ3n) is 2.73. The Labute approximate surface area is 111 Å². The summed E-state index contributed by atoms with van der Waals surface area (Å²) >= 11 is 3.37. The first-order valence-corrected chi connectivity index (χ1v) is 6.14. The van der Waals surface area contributed by atoms with Crippen LogP contribution in [-0.4, -0.2) is 9.38 Å². The van der Waals surface area contributed by atoms with Gasteiger partial charge in [-0.3, -0.25) is 4.40 Å². The predicted octanol–water partition coefficient (Wildman–Crippen LogP) is 3.49. The Balaban J connectivity index is 2.36. The zero-order chi connectivity index (χ0) is 12.7. The van der Waals surface area contributed by atoms with E-state index < -0.39 is 0 Å². The molecule has 0 bridgehead atoms. The molecule has 0 saturated heterocycles. The second-order valence-corrected chi connectivity index (χ2v) is 4.67. The molecule has 1 aromatic carbocycles. The van der Waals surface area contributed by atoms with Gasteiger partial charge in [0, 0.05) is 11.9 Å². The van der Waals surface area contributed by atoms with Gasteiger partial charge in [-0.05, 0) is 40.2 Å². The molecule has 0 amide bonds. The van der Waals surface area contributed by atoms with Crippen molar-refractivity contribution in [1.29, 1.82) is 0 Å². The number of hydrogen-bond donors (Lipinski definition) is 1. The Morgan fingerprint density at radius 3 is 2.72 bits per heavy atom. The number of pyridine rings is 1. The molecule has 2 heterocycles. The lowest BCUT2D eigenvalue weighted by Gasteiger charge is -2.03. The highest BCUT2D eigenvalue weighted by atomic mass is 79.9. The van der Waals surface area contributed by atoms with Crippen molar-refractivity contribution in [2.75, 3.05) is 5.73 Å². The Morgan fingerprint density at radius 2 is 1.94 bits per heavy atom. The summed E-state index contributed by atoms with van der Waals surface area (Å²) in [7, 11) is 0. The van der Waals surface area contributed by atoms with Gasteiger partial charge in [-0.25, -0.2) is 9.37 Å². The number of imidazole rings is 1. The van der Waals surface area contributed by atoms with E-state index in [4.69, 9.17) is 5.73 Å². The number of hydrogen-bond acceptors (Lipinski definition) is 2. The van der Waals surface area contributed by atoms with Crippen LogP contribution in [0.25, 0.3) is 16.9 Å². The Kier molecular flexibility index (Phi) is 2.56. The molecule has 0 fully saturated rings. The average molecular weight is 306 g/mol. The minimum absolute atomic E-state index is 0.306. The van der Waals surface area contributed by atoms with Crippen LogP contribution in [0.1, 0.15) is 0 Å². The minimum atomic E-state index is -0.306. The second-order valence-electron chi connectivity index (χ2n) is 3.92. The van der Waals surface area contributed by atoms with Gasteiger partial charge in [0.1, 0.15) is 16.2 Å². The van der Waals surface area contributed by atoms with Crippen LogP contribution in [0.4, 0.5) is 10.1 Å². The van der Waals surface area contributed by atoms with E-state index in [1.54, 1.807) is 34.9 Å². The van der Waals surface area contributed by atoms with Crippen LogP contribution < -0.4 is 5.73 Å². The van der Waals surface area contributed by atoms with Gasteiger partial charge >= 0.3 is 0 Å². The van der Waals surface area contributed by atoms with Crippen LogP contribution in [0.15, 0.2) is 47.2 Å². The number of halogens is 2. The fraction of sp³-hybridized carbons (Fsp3) is 0. The minimum Gasteiger partial charge on any atom is -0.398 e. The maximum atomic E-state index is 13.8. The number of anilines is 1. The Hall–Kier alpha value is -1.88. The van der Waals surface area contributed by atoms with E-state index >= 15 is 0 Å². The average Bonchev–Trinajstić information content (AvgIpc) is 2.67. The van der Waals surface area contributed by atoms with E-state index in [2.05, 4.69) is 20.9 Å². The van der Waals surface area contributed by atoms with E-state index in [9.17, 15) is 4.39 Å². The summed E-state index contributed by atoms with van der Waals surface area (Å²) in [6.07, 6.45) is 1.73. The molecule has 2 N–H and O–H groups in total. The van der Waals surface area contributed by atoms with Crippen LogP contribution >= 0.6 is 15.9 Å². The van der Waals surface area contributed by atoms with Crippen molar-refractivity contribution in [1.82, 2.24) is 9.38 Å². The maximum Gasteiger partial charge on any atom is 0.148 e. The predicted molar refractivity (Wildman–Crippen MR) is 72.7 cm³/mol. The summed E-state index contributed by atoms with van der Waals surface area (Å²) < 4.78 is 16.3. The van der Waals surface area contributed by atoms with Gasteiger partial charge in [-0.15, -0.1) is 0 Å². The molecule has 0 saturated carbocycles. The molecule has 0 aliphatic heterocycles. The molecule has 0 spiro atoms. The summed E-state index contributed by atoms with van der Waals surface area (Å²) in [6.45, 7) is 0. The number of nitrogens with two attached hydrogens (primary N) is 1. The van der Waals surface area contributed by atoms with Crippen molar-refractivity contribution >= 4 is 27.1 Å².